The molecular formula is C20H18N8O. The predicted molar refractivity (Wildman–Crippen MR) is 110 cm³/mol. The predicted octanol–water partition coefficient (Wildman–Crippen LogP) is 2.40. The van der Waals surface area contributed by atoms with E-state index in [4.69, 9.17) is 0 Å². The number of rotatable bonds is 7. The molecule has 0 aliphatic rings. The number of benzene rings is 1. The number of anilines is 3. The summed E-state index contributed by atoms with van der Waals surface area (Å²) in [5.41, 5.74) is 2.62. The molecule has 1 amide bonds. The molecule has 1 aromatic carbocycles. The standard InChI is InChI=1S/C20H18N8O/c29-20(17-13-24-15-3-1-2-4-16(15)26-17)23-12-11-22-18-5-6-19(28-27-18)25-14-7-9-21-10-8-14/h1-10,13H,11-12H2,(H,22,27)(H,23,29)(H,21,25,28). The van der Waals surface area contributed by atoms with E-state index in [9.17, 15) is 4.79 Å². The van der Waals surface area contributed by atoms with Gasteiger partial charge in [-0.2, -0.15) is 0 Å². The normalized spacial score (nSPS) is 10.5. The van der Waals surface area contributed by atoms with Crippen LogP contribution in [0.25, 0.3) is 11.0 Å². The molecule has 3 heterocycles. The van der Waals surface area contributed by atoms with E-state index in [1.54, 1.807) is 12.4 Å². The van der Waals surface area contributed by atoms with E-state index in [2.05, 4.69) is 41.1 Å². The van der Waals surface area contributed by atoms with E-state index in [0.29, 0.717) is 30.2 Å². The minimum absolute atomic E-state index is 0.270. The van der Waals surface area contributed by atoms with Crippen molar-refractivity contribution in [3.8, 4) is 0 Å². The smallest absolute Gasteiger partial charge is 0.271 e. The summed E-state index contributed by atoms with van der Waals surface area (Å²) in [6.45, 7) is 0.907. The SMILES string of the molecule is O=C(NCCNc1ccc(Nc2ccncc2)nn1)c1cnc2ccccc2n1. The van der Waals surface area contributed by atoms with Crippen molar-refractivity contribution in [1.82, 2.24) is 30.5 Å². The molecule has 29 heavy (non-hydrogen) atoms. The van der Waals surface area contributed by atoms with Crippen molar-refractivity contribution < 1.29 is 4.79 Å². The Balaban J connectivity index is 1.25. The molecule has 0 unspecified atom stereocenters. The Morgan fingerprint density at radius 2 is 1.62 bits per heavy atom. The first-order chi connectivity index (χ1) is 14.3. The Kier molecular flexibility index (Phi) is 5.47. The number of pyridine rings is 1. The van der Waals surface area contributed by atoms with Crippen LogP contribution in [0.1, 0.15) is 10.5 Å². The van der Waals surface area contributed by atoms with Crippen molar-refractivity contribution in [3.63, 3.8) is 0 Å². The van der Waals surface area contributed by atoms with Gasteiger partial charge in [-0.25, -0.2) is 4.98 Å². The first kappa shape index (κ1) is 18.2. The molecule has 3 N–H and O–H groups in total. The molecule has 144 valence electrons. The average molecular weight is 386 g/mol. The number of carbonyl (C=O) groups is 1. The summed E-state index contributed by atoms with van der Waals surface area (Å²) in [5, 5.41) is 17.3. The zero-order valence-electron chi connectivity index (χ0n) is 15.4. The van der Waals surface area contributed by atoms with Gasteiger partial charge in [-0.05, 0) is 36.4 Å². The van der Waals surface area contributed by atoms with Gasteiger partial charge in [0, 0.05) is 31.2 Å². The van der Waals surface area contributed by atoms with Crippen molar-refractivity contribution in [2.24, 2.45) is 0 Å². The fraction of sp³-hybridized carbons (Fsp3) is 0.100. The average Bonchev–Trinajstić information content (AvgIpc) is 2.78. The zero-order chi connectivity index (χ0) is 19.9. The summed E-state index contributed by atoms with van der Waals surface area (Å²) in [4.78, 5) is 24.8. The second-order valence-electron chi connectivity index (χ2n) is 6.09. The number of nitrogens with one attached hydrogen (secondary N) is 3. The highest BCUT2D eigenvalue weighted by Crippen LogP contribution is 2.13. The van der Waals surface area contributed by atoms with Gasteiger partial charge in [0.15, 0.2) is 5.82 Å². The van der Waals surface area contributed by atoms with Gasteiger partial charge >= 0.3 is 0 Å². The van der Waals surface area contributed by atoms with Gasteiger partial charge in [0.25, 0.3) is 5.91 Å². The van der Waals surface area contributed by atoms with Crippen molar-refractivity contribution in [1.29, 1.82) is 0 Å². The lowest BCUT2D eigenvalue weighted by Gasteiger charge is -2.08. The number of hydrogen-bond acceptors (Lipinski definition) is 8. The van der Waals surface area contributed by atoms with Gasteiger partial charge in [0.2, 0.25) is 0 Å². The Morgan fingerprint density at radius 1 is 0.862 bits per heavy atom. The first-order valence-corrected chi connectivity index (χ1v) is 9.02. The molecule has 0 bridgehead atoms. The van der Waals surface area contributed by atoms with E-state index in [1.807, 2.05) is 48.5 Å². The Bertz CT molecular complexity index is 1100. The number of amides is 1. The number of nitrogens with zero attached hydrogens (tertiary/aromatic N) is 5. The van der Waals surface area contributed by atoms with Crippen molar-refractivity contribution in [2.45, 2.75) is 0 Å². The van der Waals surface area contributed by atoms with Crippen molar-refractivity contribution >= 4 is 34.3 Å². The van der Waals surface area contributed by atoms with Crippen LogP contribution in [0.15, 0.2) is 67.1 Å². The fourth-order valence-corrected chi connectivity index (χ4v) is 2.60. The van der Waals surface area contributed by atoms with Crippen LogP contribution in [-0.2, 0) is 0 Å². The van der Waals surface area contributed by atoms with Gasteiger partial charge in [-0.1, -0.05) is 12.1 Å². The molecule has 0 saturated carbocycles. The Labute approximate surface area is 166 Å². The van der Waals surface area contributed by atoms with Crippen LogP contribution >= 0.6 is 0 Å². The quantitative estimate of drug-likeness (QED) is 0.415. The first-order valence-electron chi connectivity index (χ1n) is 9.02. The third kappa shape index (κ3) is 4.78. The van der Waals surface area contributed by atoms with Crippen LogP contribution in [0.3, 0.4) is 0 Å². The lowest BCUT2D eigenvalue weighted by molar-refractivity contribution is 0.0950. The van der Waals surface area contributed by atoms with Gasteiger partial charge in [0.1, 0.15) is 11.5 Å². The fourth-order valence-electron chi connectivity index (χ4n) is 2.60. The molecule has 9 heteroatoms. The number of hydrogen-bond donors (Lipinski definition) is 3. The third-order valence-electron chi connectivity index (χ3n) is 4.02. The van der Waals surface area contributed by atoms with E-state index in [-0.39, 0.29) is 11.6 Å². The van der Waals surface area contributed by atoms with Crippen molar-refractivity contribution in [2.75, 3.05) is 23.7 Å². The highest BCUT2D eigenvalue weighted by Gasteiger charge is 2.08. The van der Waals surface area contributed by atoms with Gasteiger partial charge < -0.3 is 16.0 Å². The van der Waals surface area contributed by atoms with E-state index < -0.39 is 0 Å². The Hall–Kier alpha value is -4.14. The second kappa shape index (κ2) is 8.70. The lowest BCUT2D eigenvalue weighted by Crippen LogP contribution is -2.29. The summed E-state index contributed by atoms with van der Waals surface area (Å²) >= 11 is 0. The number of para-hydroxylation sites is 2. The van der Waals surface area contributed by atoms with Crippen LogP contribution in [-0.4, -0.2) is 44.1 Å². The molecule has 0 saturated heterocycles. The summed E-state index contributed by atoms with van der Waals surface area (Å²) in [6.07, 6.45) is 4.87. The maximum absolute atomic E-state index is 12.2. The molecule has 4 rings (SSSR count). The van der Waals surface area contributed by atoms with Crippen LogP contribution in [0.5, 0.6) is 0 Å². The number of carbonyl (C=O) groups excluding carboxylic acids is 1. The molecule has 3 aromatic heterocycles. The summed E-state index contributed by atoms with van der Waals surface area (Å²) in [6, 6.07) is 14.7. The number of aromatic nitrogens is 5. The van der Waals surface area contributed by atoms with Crippen LogP contribution in [0, 0.1) is 0 Å². The number of fused-ring (bicyclic) bond motifs is 1. The molecule has 0 fully saturated rings. The maximum Gasteiger partial charge on any atom is 0.271 e. The van der Waals surface area contributed by atoms with Crippen molar-refractivity contribution in [3.05, 3.63) is 72.8 Å². The van der Waals surface area contributed by atoms with Gasteiger partial charge in [0.05, 0.1) is 17.2 Å². The topological polar surface area (TPSA) is 118 Å². The molecule has 0 aliphatic carbocycles. The molecule has 0 atom stereocenters. The maximum atomic E-state index is 12.2. The largest absolute Gasteiger partial charge is 0.367 e. The summed E-state index contributed by atoms with van der Waals surface area (Å²) in [7, 11) is 0. The summed E-state index contributed by atoms with van der Waals surface area (Å²) in [5.74, 6) is 0.975. The molecule has 9 nitrogen and oxygen atoms in total. The minimum atomic E-state index is -0.270. The Morgan fingerprint density at radius 3 is 2.41 bits per heavy atom. The van der Waals surface area contributed by atoms with Crippen LogP contribution < -0.4 is 16.0 Å². The third-order valence-corrected chi connectivity index (χ3v) is 4.02. The molecule has 0 spiro atoms. The highest BCUT2D eigenvalue weighted by molar-refractivity contribution is 5.93. The monoisotopic (exact) mass is 386 g/mol. The zero-order valence-corrected chi connectivity index (χ0v) is 15.4. The van der Waals surface area contributed by atoms with Gasteiger partial charge in [-0.3, -0.25) is 14.8 Å². The van der Waals surface area contributed by atoms with Crippen LogP contribution in [0.4, 0.5) is 17.3 Å². The van der Waals surface area contributed by atoms with Crippen LogP contribution in [0.2, 0.25) is 0 Å². The molecular weight excluding hydrogens is 368 g/mol. The van der Waals surface area contributed by atoms with E-state index in [0.717, 1.165) is 11.2 Å². The van der Waals surface area contributed by atoms with E-state index in [1.165, 1.54) is 6.20 Å². The molecule has 4 aromatic rings. The lowest BCUT2D eigenvalue weighted by atomic mass is 10.3. The molecule has 0 radical (unpaired) electrons. The highest BCUT2D eigenvalue weighted by atomic mass is 16.1. The van der Waals surface area contributed by atoms with E-state index >= 15 is 0 Å². The second-order valence-corrected chi connectivity index (χ2v) is 6.09. The van der Waals surface area contributed by atoms with Gasteiger partial charge in [-0.15, -0.1) is 10.2 Å². The minimum Gasteiger partial charge on any atom is -0.367 e. The summed E-state index contributed by atoms with van der Waals surface area (Å²) < 4.78 is 0. The molecule has 0 aliphatic heterocycles.